The molecule has 36 heavy (non-hydrogen) atoms. The average molecular weight is 495 g/mol. The standard InChI is InChI=1S/C27H31FN4O4/c1-4-17-19(28)6-5-7-20(17)31-25-23-21(9-11-30-26(23)33)32-24(25)18-8-10-29-12-22(18)34-13-16-14-36-27(2,3)15-35-16/h5-8,10,12,16,31-32H,4,9,11,13-15H2,1-3H3,(H,30,33). The molecule has 4 heterocycles. The number of hydrogen-bond acceptors (Lipinski definition) is 6. The first-order chi connectivity index (χ1) is 17.4. The highest BCUT2D eigenvalue weighted by Gasteiger charge is 2.30. The first-order valence-corrected chi connectivity index (χ1v) is 12.3. The molecule has 190 valence electrons. The highest BCUT2D eigenvalue weighted by molar-refractivity contribution is 6.06. The van der Waals surface area contributed by atoms with Crippen LogP contribution in [0.15, 0.2) is 36.7 Å². The summed E-state index contributed by atoms with van der Waals surface area (Å²) in [6.07, 6.45) is 4.28. The van der Waals surface area contributed by atoms with Crippen molar-refractivity contribution in [3.8, 4) is 17.0 Å². The second-order valence-electron chi connectivity index (χ2n) is 9.67. The van der Waals surface area contributed by atoms with E-state index in [1.165, 1.54) is 6.07 Å². The van der Waals surface area contributed by atoms with E-state index in [1.54, 1.807) is 18.5 Å². The fraction of sp³-hybridized carbons (Fsp3) is 0.407. The number of carbonyl (C=O) groups is 1. The molecule has 0 radical (unpaired) electrons. The molecule has 1 unspecified atom stereocenters. The van der Waals surface area contributed by atoms with Crippen molar-refractivity contribution in [2.75, 3.05) is 31.7 Å². The number of carbonyl (C=O) groups excluding carboxylic acids is 1. The van der Waals surface area contributed by atoms with Gasteiger partial charge in [0.15, 0.2) is 0 Å². The molecular weight excluding hydrogens is 463 g/mol. The normalized spacial score (nSPS) is 18.9. The van der Waals surface area contributed by atoms with E-state index in [2.05, 4.69) is 20.6 Å². The topological polar surface area (TPSA) is 97.5 Å². The number of H-pyrrole nitrogens is 1. The maximum Gasteiger partial charge on any atom is 0.255 e. The Hall–Kier alpha value is -3.43. The average Bonchev–Trinajstić information content (AvgIpc) is 3.23. The van der Waals surface area contributed by atoms with Crippen molar-refractivity contribution >= 4 is 17.3 Å². The monoisotopic (exact) mass is 494 g/mol. The van der Waals surface area contributed by atoms with Crippen molar-refractivity contribution in [3.05, 3.63) is 59.3 Å². The molecule has 0 aliphatic carbocycles. The zero-order valence-corrected chi connectivity index (χ0v) is 20.7. The zero-order chi connectivity index (χ0) is 25.3. The van der Waals surface area contributed by atoms with E-state index >= 15 is 0 Å². The number of fused-ring (bicyclic) bond motifs is 1. The highest BCUT2D eigenvalue weighted by Crippen LogP contribution is 2.41. The van der Waals surface area contributed by atoms with Crippen LogP contribution in [-0.2, 0) is 22.3 Å². The van der Waals surface area contributed by atoms with Crippen molar-refractivity contribution in [3.63, 3.8) is 0 Å². The van der Waals surface area contributed by atoms with Gasteiger partial charge in [0.1, 0.15) is 24.3 Å². The van der Waals surface area contributed by atoms with Gasteiger partial charge in [0.05, 0.1) is 42.0 Å². The van der Waals surface area contributed by atoms with Crippen molar-refractivity contribution in [1.29, 1.82) is 0 Å². The summed E-state index contributed by atoms with van der Waals surface area (Å²) >= 11 is 0. The van der Waals surface area contributed by atoms with E-state index in [1.807, 2.05) is 32.9 Å². The van der Waals surface area contributed by atoms with Crippen LogP contribution < -0.4 is 15.4 Å². The van der Waals surface area contributed by atoms with Gasteiger partial charge >= 0.3 is 0 Å². The number of aromatic nitrogens is 2. The van der Waals surface area contributed by atoms with Gasteiger partial charge in [0.2, 0.25) is 0 Å². The Kier molecular flexibility index (Phi) is 6.68. The number of ether oxygens (including phenoxy) is 3. The molecule has 1 saturated heterocycles. The Labute approximate surface area is 209 Å². The van der Waals surface area contributed by atoms with E-state index in [0.717, 1.165) is 11.3 Å². The van der Waals surface area contributed by atoms with Gasteiger partial charge in [0.25, 0.3) is 5.91 Å². The number of pyridine rings is 1. The van der Waals surface area contributed by atoms with Crippen LogP contribution in [0, 0.1) is 5.82 Å². The van der Waals surface area contributed by atoms with Gasteiger partial charge in [-0.25, -0.2) is 4.39 Å². The number of aromatic amines is 1. The number of amides is 1. The largest absolute Gasteiger partial charge is 0.488 e. The number of anilines is 2. The summed E-state index contributed by atoms with van der Waals surface area (Å²) in [5.41, 5.74) is 4.20. The third kappa shape index (κ3) is 4.81. The van der Waals surface area contributed by atoms with Crippen LogP contribution in [0.1, 0.15) is 42.4 Å². The lowest BCUT2D eigenvalue weighted by molar-refractivity contribution is -0.181. The number of halogens is 1. The van der Waals surface area contributed by atoms with Gasteiger partial charge < -0.3 is 29.8 Å². The molecule has 5 rings (SSSR count). The third-order valence-electron chi connectivity index (χ3n) is 6.50. The Balaban J connectivity index is 1.50. The van der Waals surface area contributed by atoms with Crippen LogP contribution in [0.5, 0.6) is 5.75 Å². The Bertz CT molecular complexity index is 1260. The number of hydrogen-bond donors (Lipinski definition) is 3. The third-order valence-corrected chi connectivity index (χ3v) is 6.50. The molecule has 1 aromatic carbocycles. The van der Waals surface area contributed by atoms with E-state index in [4.69, 9.17) is 14.2 Å². The van der Waals surface area contributed by atoms with E-state index in [9.17, 15) is 9.18 Å². The second-order valence-corrected chi connectivity index (χ2v) is 9.67. The summed E-state index contributed by atoms with van der Waals surface area (Å²) in [6.45, 7) is 7.64. The highest BCUT2D eigenvalue weighted by atomic mass is 19.1. The molecule has 8 nitrogen and oxygen atoms in total. The summed E-state index contributed by atoms with van der Waals surface area (Å²) in [5, 5.41) is 6.27. The van der Waals surface area contributed by atoms with E-state index in [-0.39, 0.29) is 23.4 Å². The fourth-order valence-corrected chi connectivity index (χ4v) is 4.58. The summed E-state index contributed by atoms with van der Waals surface area (Å²) in [7, 11) is 0. The smallest absolute Gasteiger partial charge is 0.255 e. The van der Waals surface area contributed by atoms with Gasteiger partial charge in [-0.1, -0.05) is 13.0 Å². The maximum absolute atomic E-state index is 14.5. The van der Waals surface area contributed by atoms with Gasteiger partial charge in [0, 0.05) is 41.7 Å². The number of nitrogens with zero attached hydrogens (tertiary/aromatic N) is 1. The number of nitrogens with one attached hydrogen (secondary N) is 3. The van der Waals surface area contributed by atoms with Crippen molar-refractivity contribution in [1.82, 2.24) is 15.3 Å². The lowest BCUT2D eigenvalue weighted by Gasteiger charge is -2.34. The maximum atomic E-state index is 14.5. The first kappa shape index (κ1) is 24.3. The Morgan fingerprint density at radius 2 is 2.17 bits per heavy atom. The molecular formula is C27H31FN4O4. The van der Waals surface area contributed by atoms with Gasteiger partial charge in [-0.05, 0) is 38.5 Å². The minimum Gasteiger partial charge on any atom is -0.488 e. The fourth-order valence-electron chi connectivity index (χ4n) is 4.58. The molecule has 0 saturated carbocycles. The molecule has 0 spiro atoms. The molecule has 1 amide bonds. The summed E-state index contributed by atoms with van der Waals surface area (Å²) in [5.74, 6) is 0.0780. The molecule has 1 fully saturated rings. The summed E-state index contributed by atoms with van der Waals surface area (Å²) in [6, 6.07) is 6.75. The van der Waals surface area contributed by atoms with Crippen LogP contribution >= 0.6 is 0 Å². The predicted octanol–water partition coefficient (Wildman–Crippen LogP) is 4.38. The first-order valence-electron chi connectivity index (χ1n) is 12.3. The van der Waals surface area contributed by atoms with Crippen LogP contribution in [0.3, 0.4) is 0 Å². The number of rotatable bonds is 7. The lowest BCUT2D eigenvalue weighted by Crippen LogP contribution is -2.44. The predicted molar refractivity (Wildman–Crippen MR) is 134 cm³/mol. The second kappa shape index (κ2) is 9.91. The van der Waals surface area contributed by atoms with E-state index < -0.39 is 0 Å². The quantitative estimate of drug-likeness (QED) is 0.451. The summed E-state index contributed by atoms with van der Waals surface area (Å²) < 4.78 is 32.4. The van der Waals surface area contributed by atoms with Gasteiger partial charge in [-0.15, -0.1) is 0 Å². The van der Waals surface area contributed by atoms with Crippen molar-refractivity contribution in [2.45, 2.75) is 45.3 Å². The molecule has 3 aromatic rings. The molecule has 9 heteroatoms. The zero-order valence-electron chi connectivity index (χ0n) is 20.7. The minimum atomic E-state index is -0.311. The lowest BCUT2D eigenvalue weighted by atomic mass is 10.0. The summed E-state index contributed by atoms with van der Waals surface area (Å²) in [4.78, 5) is 20.6. The molecule has 2 aliphatic heterocycles. The van der Waals surface area contributed by atoms with Crippen LogP contribution in [0.4, 0.5) is 15.8 Å². The molecule has 2 aliphatic rings. The minimum absolute atomic E-state index is 0.178. The Morgan fingerprint density at radius 1 is 1.31 bits per heavy atom. The van der Waals surface area contributed by atoms with Crippen molar-refractivity contribution < 1.29 is 23.4 Å². The molecule has 0 bridgehead atoms. The van der Waals surface area contributed by atoms with Gasteiger partial charge in [-0.3, -0.25) is 9.78 Å². The molecule has 3 N–H and O–H groups in total. The van der Waals surface area contributed by atoms with Crippen LogP contribution in [0.25, 0.3) is 11.3 Å². The SMILES string of the molecule is CCc1c(F)cccc1Nc1c(-c2ccncc2OCC2COC(C)(C)CO2)[nH]c2c1C(=O)NCC2. The molecule has 1 atom stereocenters. The Morgan fingerprint density at radius 3 is 2.94 bits per heavy atom. The number of benzene rings is 1. The van der Waals surface area contributed by atoms with Crippen LogP contribution in [-0.4, -0.2) is 53.9 Å². The van der Waals surface area contributed by atoms with Crippen molar-refractivity contribution in [2.24, 2.45) is 0 Å². The van der Waals surface area contributed by atoms with Gasteiger partial charge in [-0.2, -0.15) is 0 Å². The molecule has 2 aromatic heterocycles. The van der Waals surface area contributed by atoms with Crippen LogP contribution in [0.2, 0.25) is 0 Å². The van der Waals surface area contributed by atoms with E-state index in [0.29, 0.717) is 73.2 Å².